The second kappa shape index (κ2) is 11.3. The van der Waals surface area contributed by atoms with Gasteiger partial charge in [0.2, 0.25) is 5.89 Å². The van der Waals surface area contributed by atoms with E-state index >= 15 is 0 Å². The molecule has 0 spiro atoms. The van der Waals surface area contributed by atoms with Crippen LogP contribution in [0, 0.1) is 12.3 Å². The summed E-state index contributed by atoms with van der Waals surface area (Å²) >= 11 is 0. The zero-order valence-electron chi connectivity index (χ0n) is 20.8. The van der Waals surface area contributed by atoms with Gasteiger partial charge in [-0.15, -0.1) is 6.42 Å². The summed E-state index contributed by atoms with van der Waals surface area (Å²) in [4.78, 5) is 21.0. The minimum absolute atomic E-state index is 0.0625. The van der Waals surface area contributed by atoms with E-state index in [2.05, 4.69) is 21.2 Å². The van der Waals surface area contributed by atoms with Crippen molar-refractivity contribution in [3.63, 3.8) is 0 Å². The summed E-state index contributed by atoms with van der Waals surface area (Å²) in [6.45, 7) is 0.267. The molecule has 0 aliphatic rings. The number of amides is 1. The number of nitrogens with zero attached hydrogens (tertiary/aromatic N) is 2. The molecule has 9 nitrogen and oxygen atoms in total. The first-order valence-corrected chi connectivity index (χ1v) is 11.5. The van der Waals surface area contributed by atoms with Crippen LogP contribution in [0.1, 0.15) is 28.0 Å². The van der Waals surface area contributed by atoms with E-state index in [-0.39, 0.29) is 52.7 Å². The van der Waals surface area contributed by atoms with E-state index in [1.807, 2.05) is 0 Å². The molecule has 0 aliphatic carbocycles. The number of hydrogen-bond acceptors (Lipinski definition) is 8. The number of carbonyl (C=O) groups is 1. The number of carbonyl (C=O) groups excluding carboxylic acids is 1. The molecule has 4 rings (SSSR count). The van der Waals surface area contributed by atoms with Crippen LogP contribution in [-0.4, -0.2) is 43.2 Å². The molecular weight excluding hydrogens is 517 g/mol. The van der Waals surface area contributed by atoms with Crippen molar-refractivity contribution in [3.05, 3.63) is 65.7 Å². The number of rotatable bonds is 9. The van der Waals surface area contributed by atoms with Crippen molar-refractivity contribution >= 4 is 16.8 Å². The monoisotopic (exact) mass is 540 g/mol. The van der Waals surface area contributed by atoms with E-state index in [0.29, 0.717) is 11.5 Å². The fourth-order valence-electron chi connectivity index (χ4n) is 3.69. The van der Waals surface area contributed by atoms with Gasteiger partial charge in [-0.1, -0.05) is 5.92 Å². The summed E-state index contributed by atoms with van der Waals surface area (Å²) in [6, 6.07) is 10.8. The molecule has 3 N–H and O–H groups in total. The molecule has 39 heavy (non-hydrogen) atoms. The van der Waals surface area contributed by atoms with Gasteiger partial charge in [0.15, 0.2) is 11.5 Å². The van der Waals surface area contributed by atoms with Crippen LogP contribution in [0.4, 0.5) is 13.2 Å². The maximum atomic E-state index is 13.3. The fourth-order valence-corrected chi connectivity index (χ4v) is 3.69. The van der Waals surface area contributed by atoms with Crippen molar-refractivity contribution in [3.8, 4) is 41.0 Å². The first kappa shape index (κ1) is 27.3. The Morgan fingerprint density at radius 3 is 2.44 bits per heavy atom. The number of benzene rings is 2. The van der Waals surface area contributed by atoms with Gasteiger partial charge < -0.3 is 29.7 Å². The number of nitrogens with two attached hydrogens (primary N) is 1. The number of nitrogens with one attached hydrogen (secondary N) is 1. The van der Waals surface area contributed by atoms with Crippen LogP contribution < -0.4 is 25.3 Å². The van der Waals surface area contributed by atoms with Crippen molar-refractivity contribution in [1.82, 2.24) is 15.3 Å². The Bertz CT molecular complexity index is 1530. The molecule has 2 aromatic heterocycles. The normalized spacial score (nSPS) is 12.0. The van der Waals surface area contributed by atoms with Crippen molar-refractivity contribution in [2.24, 2.45) is 5.73 Å². The Morgan fingerprint density at radius 1 is 1.08 bits per heavy atom. The van der Waals surface area contributed by atoms with E-state index < -0.39 is 23.8 Å². The lowest BCUT2D eigenvalue weighted by atomic mass is 10.1. The largest absolute Gasteiger partial charge is 0.497 e. The Hall–Kier alpha value is -4.76. The predicted octanol–water partition coefficient (Wildman–Crippen LogP) is 4.37. The van der Waals surface area contributed by atoms with Crippen LogP contribution in [0.3, 0.4) is 0 Å². The van der Waals surface area contributed by atoms with Gasteiger partial charge in [0.05, 0.1) is 20.8 Å². The van der Waals surface area contributed by atoms with Gasteiger partial charge in [0.25, 0.3) is 5.91 Å². The lowest BCUT2D eigenvalue weighted by molar-refractivity contribution is -0.140. The van der Waals surface area contributed by atoms with Crippen LogP contribution in [0.5, 0.6) is 17.2 Å². The lowest BCUT2D eigenvalue weighted by Gasteiger charge is -2.11. The molecule has 0 radical (unpaired) electrons. The minimum Gasteiger partial charge on any atom is -0.497 e. The smallest absolute Gasteiger partial charge is 0.433 e. The molecule has 1 amide bonds. The SMILES string of the molecule is C#C[C@H](N)c1oc(-c2ccc(OC)c3nc(C(F)(F)F)ccc23)nc1C(=O)NCCOc1ccc(OC)cc1. The average Bonchev–Trinajstić information content (AvgIpc) is 3.39. The van der Waals surface area contributed by atoms with E-state index in [1.54, 1.807) is 31.4 Å². The minimum atomic E-state index is -4.66. The van der Waals surface area contributed by atoms with E-state index in [0.717, 1.165) is 6.07 Å². The molecule has 202 valence electrons. The molecule has 2 aromatic carbocycles. The van der Waals surface area contributed by atoms with Crippen molar-refractivity contribution in [2.75, 3.05) is 27.4 Å². The number of oxazole rings is 1. The highest BCUT2D eigenvalue weighted by Crippen LogP contribution is 2.37. The molecule has 0 aliphatic heterocycles. The van der Waals surface area contributed by atoms with Gasteiger partial charge in [-0.3, -0.25) is 4.79 Å². The van der Waals surface area contributed by atoms with Crippen molar-refractivity contribution in [2.45, 2.75) is 12.2 Å². The highest BCUT2D eigenvalue weighted by Gasteiger charge is 2.33. The van der Waals surface area contributed by atoms with Crippen LogP contribution in [-0.2, 0) is 6.18 Å². The first-order chi connectivity index (χ1) is 18.7. The second-order valence-electron chi connectivity index (χ2n) is 8.06. The third kappa shape index (κ3) is 5.89. The summed E-state index contributed by atoms with van der Waals surface area (Å²) in [7, 11) is 2.87. The highest BCUT2D eigenvalue weighted by molar-refractivity contribution is 5.98. The topological polar surface area (TPSA) is 122 Å². The summed E-state index contributed by atoms with van der Waals surface area (Å²) < 4.78 is 61.5. The van der Waals surface area contributed by atoms with E-state index in [9.17, 15) is 18.0 Å². The zero-order chi connectivity index (χ0) is 28.2. The van der Waals surface area contributed by atoms with Crippen molar-refractivity contribution < 1.29 is 36.6 Å². The highest BCUT2D eigenvalue weighted by atomic mass is 19.4. The summed E-state index contributed by atoms with van der Waals surface area (Å²) in [5.41, 5.74) is 4.91. The maximum Gasteiger partial charge on any atom is 0.433 e. The third-order valence-corrected chi connectivity index (χ3v) is 5.61. The van der Waals surface area contributed by atoms with Gasteiger partial charge in [-0.05, 0) is 48.5 Å². The number of methoxy groups -OCH3 is 2. The summed E-state index contributed by atoms with van der Waals surface area (Å²) in [6.07, 6.45) is 0.798. The number of aromatic nitrogens is 2. The zero-order valence-corrected chi connectivity index (χ0v) is 20.8. The van der Waals surface area contributed by atoms with Crippen LogP contribution in [0.2, 0.25) is 0 Å². The first-order valence-electron chi connectivity index (χ1n) is 11.5. The van der Waals surface area contributed by atoms with Crippen LogP contribution in [0.15, 0.2) is 52.9 Å². The number of hydrogen-bond donors (Lipinski definition) is 2. The molecular formula is C27H23F3N4O5. The standard InChI is InChI=1S/C27H23F3N4O5/c1-4-19(31)24-23(25(35)32-13-14-38-16-7-5-15(36-2)6-8-16)34-26(39-24)18-9-11-20(37-3)22-17(18)10-12-21(33-22)27(28,29)30/h1,5-12,19H,13-14,31H2,2-3H3,(H,32,35)/t19-/m0/s1. The Kier molecular flexibility index (Phi) is 7.92. The van der Waals surface area contributed by atoms with Gasteiger partial charge in [-0.2, -0.15) is 13.2 Å². The number of ether oxygens (including phenoxy) is 3. The lowest BCUT2D eigenvalue weighted by Crippen LogP contribution is -2.29. The van der Waals surface area contributed by atoms with E-state index in [1.165, 1.54) is 25.3 Å². The quantitative estimate of drug-likeness (QED) is 0.237. The van der Waals surface area contributed by atoms with E-state index in [4.69, 9.17) is 30.8 Å². The molecule has 0 fully saturated rings. The Morgan fingerprint density at radius 2 is 1.79 bits per heavy atom. The molecule has 12 heteroatoms. The Balaban J connectivity index is 1.60. The van der Waals surface area contributed by atoms with Crippen molar-refractivity contribution in [1.29, 1.82) is 0 Å². The second-order valence-corrected chi connectivity index (χ2v) is 8.06. The number of alkyl halides is 3. The molecule has 0 bridgehead atoms. The Labute approximate surface area is 221 Å². The number of fused-ring (bicyclic) bond motifs is 1. The molecule has 4 aromatic rings. The molecule has 2 heterocycles. The van der Waals surface area contributed by atoms with Gasteiger partial charge in [0.1, 0.15) is 41.1 Å². The van der Waals surface area contributed by atoms with Gasteiger partial charge in [0, 0.05) is 10.9 Å². The fraction of sp³-hybridized carbons (Fsp3) is 0.222. The van der Waals surface area contributed by atoms with Crippen LogP contribution in [0.25, 0.3) is 22.4 Å². The number of terminal acetylenes is 1. The average molecular weight is 540 g/mol. The molecule has 1 atom stereocenters. The third-order valence-electron chi connectivity index (χ3n) is 5.61. The maximum absolute atomic E-state index is 13.3. The molecule has 0 saturated heterocycles. The van der Waals surface area contributed by atoms with Gasteiger partial charge in [-0.25, -0.2) is 9.97 Å². The number of halogens is 3. The predicted molar refractivity (Wildman–Crippen MR) is 135 cm³/mol. The number of pyridine rings is 1. The van der Waals surface area contributed by atoms with Gasteiger partial charge >= 0.3 is 6.18 Å². The molecule has 0 saturated carbocycles. The molecule has 0 unspecified atom stereocenters. The summed E-state index contributed by atoms with van der Waals surface area (Å²) in [5.74, 6) is 2.88. The summed E-state index contributed by atoms with van der Waals surface area (Å²) in [5, 5.41) is 2.92. The van der Waals surface area contributed by atoms with Crippen LogP contribution >= 0.6 is 0 Å².